The summed E-state index contributed by atoms with van der Waals surface area (Å²) in [6, 6.07) is 14.9. The number of hydrogen-bond acceptors (Lipinski definition) is 6. The molecule has 1 fully saturated rings. The van der Waals surface area contributed by atoms with E-state index in [1.807, 2.05) is 36.4 Å². The first-order valence-electron chi connectivity index (χ1n) is 11.6. The van der Waals surface area contributed by atoms with Crippen LogP contribution in [0.2, 0.25) is 0 Å². The summed E-state index contributed by atoms with van der Waals surface area (Å²) in [5.41, 5.74) is 2.63. The van der Waals surface area contributed by atoms with Crippen LogP contribution in [0.4, 0.5) is 0 Å². The van der Waals surface area contributed by atoms with Crippen LogP contribution < -0.4 is 20.7 Å². The Balaban J connectivity index is 0.00000304. The maximum atomic E-state index is 13.8. The molecule has 2 aromatic heterocycles. The van der Waals surface area contributed by atoms with E-state index in [2.05, 4.69) is 4.98 Å². The third-order valence-electron chi connectivity index (χ3n) is 6.53. The van der Waals surface area contributed by atoms with Crippen molar-refractivity contribution in [2.75, 3.05) is 27.4 Å². The molecule has 1 aliphatic rings. The molecule has 0 amide bonds. The Morgan fingerprint density at radius 3 is 2.33 bits per heavy atom. The lowest BCUT2D eigenvalue weighted by Gasteiger charge is -2.26. The van der Waals surface area contributed by atoms with Gasteiger partial charge in [0.15, 0.2) is 11.5 Å². The van der Waals surface area contributed by atoms with E-state index in [1.165, 1.54) is 4.57 Å². The minimum atomic E-state index is -0.320. The number of rotatable bonds is 6. The molecule has 0 saturated carbocycles. The van der Waals surface area contributed by atoms with Crippen LogP contribution in [0.15, 0.2) is 70.5 Å². The fourth-order valence-electron chi connectivity index (χ4n) is 4.70. The Kier molecular flexibility index (Phi) is 7.76. The molecule has 0 aliphatic carbocycles. The van der Waals surface area contributed by atoms with Crippen molar-refractivity contribution in [2.45, 2.75) is 25.4 Å². The standard InChI is InChI=1S/C27H27N3O5.ClH/c1-33-24-6-3-18(15-25(24)34-2)17-29-26(31)22-16-20(19-7-11-28-12-8-19)4-5-23(22)30(27(29)32)21-9-13-35-14-10-21;/h3-8,11-12,15-16,21H,9-10,13-14,17H2,1-2H3;1H. The summed E-state index contributed by atoms with van der Waals surface area (Å²) >= 11 is 0. The van der Waals surface area contributed by atoms with Crippen LogP contribution in [0, 0.1) is 0 Å². The first kappa shape index (κ1) is 25.5. The molecule has 1 saturated heterocycles. The second kappa shape index (κ2) is 11.0. The number of halogens is 1. The van der Waals surface area contributed by atoms with Gasteiger partial charge in [0.1, 0.15) is 0 Å². The third-order valence-corrected chi connectivity index (χ3v) is 6.53. The number of nitrogens with zero attached hydrogens (tertiary/aromatic N) is 3. The maximum Gasteiger partial charge on any atom is 0.332 e. The highest BCUT2D eigenvalue weighted by atomic mass is 35.5. The molecular formula is C27H28ClN3O5. The highest BCUT2D eigenvalue weighted by molar-refractivity contribution is 5.85. The van der Waals surface area contributed by atoms with Crippen LogP contribution in [0.5, 0.6) is 11.5 Å². The van der Waals surface area contributed by atoms with E-state index in [1.54, 1.807) is 43.3 Å². The third kappa shape index (κ3) is 4.74. The number of pyridine rings is 1. The van der Waals surface area contributed by atoms with Crippen LogP contribution in [0.25, 0.3) is 22.0 Å². The predicted octanol–water partition coefficient (Wildman–Crippen LogP) is 4.06. The van der Waals surface area contributed by atoms with Gasteiger partial charge in [0, 0.05) is 31.6 Å². The van der Waals surface area contributed by atoms with E-state index in [0.29, 0.717) is 35.6 Å². The van der Waals surface area contributed by atoms with E-state index in [0.717, 1.165) is 29.5 Å². The van der Waals surface area contributed by atoms with Crippen LogP contribution in [0.1, 0.15) is 24.4 Å². The van der Waals surface area contributed by atoms with Gasteiger partial charge in [-0.05, 0) is 65.9 Å². The number of fused-ring (bicyclic) bond motifs is 1. The van der Waals surface area contributed by atoms with Crippen LogP contribution in [-0.2, 0) is 11.3 Å². The van der Waals surface area contributed by atoms with Gasteiger partial charge in [0.05, 0.1) is 31.7 Å². The molecule has 1 aliphatic heterocycles. The fourth-order valence-corrected chi connectivity index (χ4v) is 4.70. The molecule has 0 radical (unpaired) electrons. The average molecular weight is 510 g/mol. The SMILES string of the molecule is COc1ccc(Cn2c(=O)c3cc(-c4ccncc4)ccc3n(C3CCOCC3)c2=O)cc1OC.Cl. The molecule has 8 nitrogen and oxygen atoms in total. The van der Waals surface area contributed by atoms with E-state index in [-0.39, 0.29) is 36.2 Å². The van der Waals surface area contributed by atoms with Crippen LogP contribution in [-0.4, -0.2) is 41.6 Å². The van der Waals surface area contributed by atoms with Crippen molar-refractivity contribution in [3.05, 3.63) is 87.3 Å². The number of methoxy groups -OCH3 is 2. The molecule has 0 bridgehead atoms. The van der Waals surface area contributed by atoms with Crippen molar-refractivity contribution < 1.29 is 14.2 Å². The van der Waals surface area contributed by atoms with E-state index in [4.69, 9.17) is 14.2 Å². The molecule has 3 heterocycles. The molecule has 2 aromatic carbocycles. The van der Waals surface area contributed by atoms with Gasteiger partial charge >= 0.3 is 5.69 Å². The normalized spacial score (nSPS) is 13.8. The van der Waals surface area contributed by atoms with Gasteiger partial charge in [-0.3, -0.25) is 18.9 Å². The zero-order chi connectivity index (χ0) is 24.4. The first-order chi connectivity index (χ1) is 17.1. The van der Waals surface area contributed by atoms with Gasteiger partial charge in [0.2, 0.25) is 0 Å². The second-order valence-corrected chi connectivity index (χ2v) is 8.54. The first-order valence-corrected chi connectivity index (χ1v) is 11.6. The average Bonchev–Trinajstić information content (AvgIpc) is 2.92. The highest BCUT2D eigenvalue weighted by Crippen LogP contribution is 2.29. The molecule has 0 N–H and O–H groups in total. The molecule has 0 unspecified atom stereocenters. The number of hydrogen-bond donors (Lipinski definition) is 0. The van der Waals surface area contributed by atoms with E-state index < -0.39 is 0 Å². The summed E-state index contributed by atoms with van der Waals surface area (Å²) in [5, 5.41) is 0.505. The van der Waals surface area contributed by atoms with E-state index >= 15 is 0 Å². The summed E-state index contributed by atoms with van der Waals surface area (Å²) in [7, 11) is 3.13. The highest BCUT2D eigenvalue weighted by Gasteiger charge is 2.23. The summed E-state index contributed by atoms with van der Waals surface area (Å²) in [6.07, 6.45) is 4.88. The molecule has 36 heavy (non-hydrogen) atoms. The Hall–Kier alpha value is -3.62. The smallest absolute Gasteiger partial charge is 0.332 e. The molecular weight excluding hydrogens is 482 g/mol. The largest absolute Gasteiger partial charge is 0.493 e. The van der Waals surface area contributed by atoms with Gasteiger partial charge in [-0.1, -0.05) is 12.1 Å². The van der Waals surface area contributed by atoms with Crippen molar-refractivity contribution in [2.24, 2.45) is 0 Å². The van der Waals surface area contributed by atoms with Gasteiger partial charge in [0.25, 0.3) is 5.56 Å². The molecule has 188 valence electrons. The summed E-state index contributed by atoms with van der Waals surface area (Å²) < 4.78 is 19.4. The minimum Gasteiger partial charge on any atom is -0.493 e. The summed E-state index contributed by atoms with van der Waals surface area (Å²) in [5.74, 6) is 1.13. The lowest BCUT2D eigenvalue weighted by Crippen LogP contribution is -2.42. The lowest BCUT2D eigenvalue weighted by molar-refractivity contribution is 0.0691. The van der Waals surface area contributed by atoms with E-state index in [9.17, 15) is 9.59 Å². The summed E-state index contributed by atoms with van der Waals surface area (Å²) in [6.45, 7) is 1.29. The maximum absolute atomic E-state index is 13.8. The van der Waals surface area contributed by atoms with Crippen LogP contribution >= 0.6 is 12.4 Å². The molecule has 4 aromatic rings. The number of ether oxygens (including phenoxy) is 3. The molecule has 9 heteroatoms. The predicted molar refractivity (Wildman–Crippen MR) is 141 cm³/mol. The monoisotopic (exact) mass is 509 g/mol. The Labute approximate surface area is 214 Å². The van der Waals surface area contributed by atoms with Crippen LogP contribution in [0.3, 0.4) is 0 Å². The van der Waals surface area contributed by atoms with Gasteiger partial charge in [-0.15, -0.1) is 12.4 Å². The molecule has 0 atom stereocenters. The molecule has 0 spiro atoms. The van der Waals surface area contributed by atoms with Crippen molar-refractivity contribution in [3.63, 3.8) is 0 Å². The van der Waals surface area contributed by atoms with Crippen molar-refractivity contribution in [1.82, 2.24) is 14.1 Å². The van der Waals surface area contributed by atoms with Crippen molar-refractivity contribution >= 4 is 23.3 Å². The zero-order valence-electron chi connectivity index (χ0n) is 20.2. The number of aromatic nitrogens is 3. The minimum absolute atomic E-state index is 0. The quantitative estimate of drug-likeness (QED) is 0.389. The lowest BCUT2D eigenvalue weighted by atomic mass is 10.0. The summed E-state index contributed by atoms with van der Waals surface area (Å²) in [4.78, 5) is 31.5. The van der Waals surface area contributed by atoms with Gasteiger partial charge in [-0.2, -0.15) is 0 Å². The van der Waals surface area contributed by atoms with Crippen molar-refractivity contribution in [1.29, 1.82) is 0 Å². The van der Waals surface area contributed by atoms with Crippen molar-refractivity contribution in [3.8, 4) is 22.6 Å². The topological polar surface area (TPSA) is 84.6 Å². The van der Waals surface area contributed by atoms with Gasteiger partial charge in [-0.25, -0.2) is 4.79 Å². The zero-order valence-corrected chi connectivity index (χ0v) is 21.0. The number of benzene rings is 2. The van der Waals surface area contributed by atoms with Gasteiger partial charge < -0.3 is 14.2 Å². The fraction of sp³-hybridized carbons (Fsp3) is 0.296. The Morgan fingerprint density at radius 1 is 0.917 bits per heavy atom. The molecule has 5 rings (SSSR count). The second-order valence-electron chi connectivity index (χ2n) is 8.54. The Bertz CT molecular complexity index is 1480. The Morgan fingerprint density at radius 2 is 1.64 bits per heavy atom.